The molecule has 2 aromatic rings. The lowest BCUT2D eigenvalue weighted by Crippen LogP contribution is -2.48. The molecule has 0 radical (unpaired) electrons. The van der Waals surface area contributed by atoms with Crippen LogP contribution in [0.15, 0.2) is 48.5 Å². The largest absolute Gasteiger partial charge is 0.377 e. The van der Waals surface area contributed by atoms with Crippen LogP contribution in [0.4, 0.5) is 8.78 Å². The van der Waals surface area contributed by atoms with E-state index >= 15 is 0 Å². The molecule has 2 aliphatic heterocycles. The summed E-state index contributed by atoms with van der Waals surface area (Å²) >= 11 is 0. The maximum atomic E-state index is 13.5. The molecule has 0 aromatic heterocycles. The molecule has 0 saturated carbocycles. The van der Waals surface area contributed by atoms with Gasteiger partial charge in [-0.3, -0.25) is 9.80 Å². The summed E-state index contributed by atoms with van der Waals surface area (Å²) in [5, 5.41) is 0. The van der Waals surface area contributed by atoms with Crippen molar-refractivity contribution in [3.05, 3.63) is 71.3 Å². The lowest BCUT2D eigenvalue weighted by molar-refractivity contribution is 0.00523. The Morgan fingerprint density at radius 2 is 1.50 bits per heavy atom. The third kappa shape index (κ3) is 5.64. The summed E-state index contributed by atoms with van der Waals surface area (Å²) in [6, 6.07) is 13.3. The third-order valence-corrected chi connectivity index (χ3v) is 6.02. The van der Waals surface area contributed by atoms with Crippen molar-refractivity contribution in [3.63, 3.8) is 0 Å². The second-order valence-electron chi connectivity index (χ2n) is 8.09. The van der Waals surface area contributed by atoms with E-state index in [0.29, 0.717) is 6.61 Å². The van der Waals surface area contributed by atoms with Gasteiger partial charge in [0.2, 0.25) is 0 Å². The van der Waals surface area contributed by atoms with Crippen molar-refractivity contribution in [2.45, 2.75) is 25.0 Å². The number of rotatable bonds is 8. The Balaban J connectivity index is 1.33. The van der Waals surface area contributed by atoms with E-state index in [9.17, 15) is 8.78 Å². The van der Waals surface area contributed by atoms with Crippen LogP contribution in [-0.2, 0) is 9.47 Å². The number of benzene rings is 2. The molecule has 6 heteroatoms. The summed E-state index contributed by atoms with van der Waals surface area (Å²) in [7, 11) is 0. The highest BCUT2D eigenvalue weighted by Crippen LogP contribution is 2.30. The zero-order valence-electron chi connectivity index (χ0n) is 17.3. The average Bonchev–Trinajstić information content (AvgIpc) is 3.29. The van der Waals surface area contributed by atoms with Crippen LogP contribution in [0.25, 0.3) is 0 Å². The van der Waals surface area contributed by atoms with E-state index in [1.807, 2.05) is 24.3 Å². The highest BCUT2D eigenvalue weighted by atomic mass is 19.1. The molecule has 1 unspecified atom stereocenters. The highest BCUT2D eigenvalue weighted by molar-refractivity contribution is 5.32. The first kappa shape index (κ1) is 21.4. The maximum Gasteiger partial charge on any atom is 0.123 e. The minimum absolute atomic E-state index is 0.0101. The van der Waals surface area contributed by atoms with Crippen molar-refractivity contribution in [2.75, 3.05) is 52.5 Å². The fraction of sp³-hybridized carbons (Fsp3) is 0.500. The smallest absolute Gasteiger partial charge is 0.123 e. The second-order valence-corrected chi connectivity index (χ2v) is 8.09. The van der Waals surface area contributed by atoms with Crippen LogP contribution in [0.2, 0.25) is 0 Å². The lowest BCUT2D eigenvalue weighted by atomic mass is 9.96. The normalized spacial score (nSPS) is 20.8. The van der Waals surface area contributed by atoms with E-state index < -0.39 is 0 Å². The molecule has 2 saturated heterocycles. The van der Waals surface area contributed by atoms with Gasteiger partial charge in [-0.25, -0.2) is 8.78 Å². The summed E-state index contributed by atoms with van der Waals surface area (Å²) in [6.45, 7) is 6.87. The van der Waals surface area contributed by atoms with Crippen LogP contribution in [0.5, 0.6) is 0 Å². The van der Waals surface area contributed by atoms with Crippen molar-refractivity contribution in [1.29, 1.82) is 0 Å². The fourth-order valence-corrected chi connectivity index (χ4v) is 4.33. The number of hydrogen-bond donors (Lipinski definition) is 0. The van der Waals surface area contributed by atoms with Crippen LogP contribution in [0, 0.1) is 11.6 Å². The van der Waals surface area contributed by atoms with Crippen molar-refractivity contribution < 1.29 is 18.3 Å². The topological polar surface area (TPSA) is 24.9 Å². The quantitative estimate of drug-likeness (QED) is 0.610. The number of ether oxygens (including phenoxy) is 2. The van der Waals surface area contributed by atoms with Gasteiger partial charge in [0.1, 0.15) is 11.6 Å². The van der Waals surface area contributed by atoms with E-state index in [-0.39, 0.29) is 23.8 Å². The van der Waals surface area contributed by atoms with E-state index in [1.54, 1.807) is 0 Å². The van der Waals surface area contributed by atoms with Crippen molar-refractivity contribution in [2.24, 2.45) is 0 Å². The Kier molecular flexibility index (Phi) is 7.44. The molecule has 0 aliphatic carbocycles. The Morgan fingerprint density at radius 3 is 2.03 bits per heavy atom. The Labute approximate surface area is 177 Å². The maximum absolute atomic E-state index is 13.5. The van der Waals surface area contributed by atoms with E-state index in [0.717, 1.165) is 69.9 Å². The molecule has 162 valence electrons. The first-order valence-corrected chi connectivity index (χ1v) is 10.9. The molecule has 0 bridgehead atoms. The number of halogens is 2. The van der Waals surface area contributed by atoms with Crippen LogP contribution < -0.4 is 0 Å². The molecule has 0 amide bonds. The summed E-state index contributed by atoms with van der Waals surface area (Å²) in [5.74, 6) is -0.492. The molecule has 1 atom stereocenters. The van der Waals surface area contributed by atoms with E-state index in [1.165, 1.54) is 24.3 Å². The highest BCUT2D eigenvalue weighted by Gasteiger charge is 2.26. The van der Waals surface area contributed by atoms with Gasteiger partial charge >= 0.3 is 0 Å². The van der Waals surface area contributed by atoms with Crippen LogP contribution in [0.1, 0.15) is 30.0 Å². The zero-order chi connectivity index (χ0) is 20.8. The summed E-state index contributed by atoms with van der Waals surface area (Å²) in [5.41, 5.74) is 2.05. The molecule has 0 spiro atoms. The number of hydrogen-bond acceptors (Lipinski definition) is 4. The fourth-order valence-electron chi connectivity index (χ4n) is 4.33. The van der Waals surface area contributed by atoms with Crippen molar-refractivity contribution in [1.82, 2.24) is 9.80 Å². The van der Waals surface area contributed by atoms with Crippen LogP contribution in [0.3, 0.4) is 0 Å². The molecular formula is C24H30F2N2O2. The molecule has 0 N–H and O–H groups in total. The van der Waals surface area contributed by atoms with Gasteiger partial charge in [0.15, 0.2) is 0 Å². The van der Waals surface area contributed by atoms with Gasteiger partial charge in [-0.2, -0.15) is 0 Å². The van der Waals surface area contributed by atoms with Crippen molar-refractivity contribution in [3.8, 4) is 0 Å². The molecule has 2 aliphatic rings. The van der Waals surface area contributed by atoms with Gasteiger partial charge in [0.25, 0.3) is 0 Å². The van der Waals surface area contributed by atoms with Gasteiger partial charge in [-0.05, 0) is 48.2 Å². The first-order valence-electron chi connectivity index (χ1n) is 10.9. The standard InChI is InChI=1S/C24H30F2N2O2/c25-21-7-3-19(4-8-21)24(20-5-9-22(26)10-6-20)28-13-11-27(12-14-28)15-17-29-18-23-2-1-16-30-23/h3-10,23-24H,1-2,11-18H2. The van der Waals surface area contributed by atoms with E-state index in [4.69, 9.17) is 9.47 Å². The van der Waals surface area contributed by atoms with Gasteiger partial charge in [-0.1, -0.05) is 24.3 Å². The predicted molar refractivity (Wildman–Crippen MR) is 112 cm³/mol. The van der Waals surface area contributed by atoms with Gasteiger partial charge in [-0.15, -0.1) is 0 Å². The average molecular weight is 417 g/mol. The Morgan fingerprint density at radius 1 is 0.900 bits per heavy atom. The predicted octanol–water partition coefficient (Wildman–Crippen LogP) is 3.87. The summed E-state index contributed by atoms with van der Waals surface area (Å²) < 4.78 is 38.3. The van der Waals surface area contributed by atoms with Gasteiger partial charge in [0, 0.05) is 39.3 Å². The zero-order valence-corrected chi connectivity index (χ0v) is 17.3. The SMILES string of the molecule is Fc1ccc(C(c2ccc(F)cc2)N2CCN(CCOCC3CCCO3)CC2)cc1. The van der Waals surface area contributed by atoms with Crippen molar-refractivity contribution >= 4 is 0 Å². The Bertz CT molecular complexity index is 725. The number of piperazine rings is 1. The number of nitrogens with zero attached hydrogens (tertiary/aromatic N) is 2. The monoisotopic (exact) mass is 416 g/mol. The summed E-state index contributed by atoms with van der Waals surface area (Å²) in [4.78, 5) is 4.81. The molecular weight excluding hydrogens is 386 g/mol. The molecule has 30 heavy (non-hydrogen) atoms. The van der Waals surface area contributed by atoms with Gasteiger partial charge in [0.05, 0.1) is 25.4 Å². The molecule has 4 nitrogen and oxygen atoms in total. The minimum Gasteiger partial charge on any atom is -0.377 e. The third-order valence-electron chi connectivity index (χ3n) is 6.02. The van der Waals surface area contributed by atoms with Crippen LogP contribution >= 0.6 is 0 Å². The molecule has 2 fully saturated rings. The first-order chi connectivity index (χ1) is 14.7. The Hall–Kier alpha value is -1.86. The molecule has 4 rings (SSSR count). The minimum atomic E-state index is -0.246. The van der Waals surface area contributed by atoms with Gasteiger partial charge < -0.3 is 9.47 Å². The van der Waals surface area contributed by atoms with E-state index in [2.05, 4.69) is 9.80 Å². The molecule has 2 heterocycles. The lowest BCUT2D eigenvalue weighted by Gasteiger charge is -2.39. The second kappa shape index (κ2) is 10.4. The molecule has 2 aromatic carbocycles. The summed E-state index contributed by atoms with van der Waals surface area (Å²) in [6.07, 6.45) is 2.51. The van der Waals surface area contributed by atoms with Crippen LogP contribution in [-0.4, -0.2) is 68.4 Å².